The van der Waals surface area contributed by atoms with Crippen LogP contribution in [-0.2, 0) is 13.2 Å². The van der Waals surface area contributed by atoms with Crippen LogP contribution in [0.15, 0.2) is 48.5 Å². The molecule has 0 N–H and O–H groups in total. The van der Waals surface area contributed by atoms with E-state index in [0.717, 1.165) is 31.1 Å². The van der Waals surface area contributed by atoms with Gasteiger partial charge in [-0.15, -0.1) is 0 Å². The van der Waals surface area contributed by atoms with Crippen molar-refractivity contribution in [2.24, 2.45) is 0 Å². The second-order valence-electron chi connectivity index (χ2n) is 7.70. The molecule has 0 bridgehead atoms. The second kappa shape index (κ2) is 9.40. The summed E-state index contributed by atoms with van der Waals surface area (Å²) in [4.78, 5) is 4.73. The summed E-state index contributed by atoms with van der Waals surface area (Å²) >= 11 is 5.61. The van der Waals surface area contributed by atoms with Gasteiger partial charge < -0.3 is 9.64 Å². The molecule has 30 heavy (non-hydrogen) atoms. The van der Waals surface area contributed by atoms with Crippen molar-refractivity contribution in [3.05, 3.63) is 58.9 Å². The maximum atomic E-state index is 5.61. The lowest BCUT2D eigenvalue weighted by Crippen LogP contribution is -2.31. The Bertz CT molecular complexity index is 1020. The predicted molar refractivity (Wildman–Crippen MR) is 121 cm³/mol. The maximum absolute atomic E-state index is 5.61. The molecule has 0 spiro atoms. The van der Waals surface area contributed by atoms with Crippen molar-refractivity contribution in [1.29, 1.82) is 0 Å². The second-order valence-corrected chi connectivity index (χ2v) is 8.07. The molecule has 1 saturated heterocycles. The molecule has 1 aromatic heterocycles. The van der Waals surface area contributed by atoms with E-state index in [1.807, 2.05) is 24.3 Å². The largest absolute Gasteiger partial charge is 0.497 e. The van der Waals surface area contributed by atoms with Gasteiger partial charge >= 0.3 is 0 Å². The number of ether oxygens (including phenoxy) is 1. The average molecular weight is 425 g/mol. The van der Waals surface area contributed by atoms with Crippen LogP contribution in [0.2, 0.25) is 0 Å². The zero-order valence-electron chi connectivity index (χ0n) is 17.6. The number of tetrazole rings is 1. The number of para-hydroxylation sites is 1. The van der Waals surface area contributed by atoms with Crippen LogP contribution in [0, 0.1) is 4.77 Å². The first-order valence-corrected chi connectivity index (χ1v) is 10.7. The minimum absolute atomic E-state index is 0.566. The molecule has 0 aliphatic carbocycles. The van der Waals surface area contributed by atoms with E-state index in [0.29, 0.717) is 11.4 Å². The molecule has 0 saturated carbocycles. The summed E-state index contributed by atoms with van der Waals surface area (Å²) in [5, 5.41) is 8.51. The van der Waals surface area contributed by atoms with Gasteiger partial charge in [0.05, 0.1) is 19.5 Å². The topological polar surface area (TPSA) is 51.4 Å². The van der Waals surface area contributed by atoms with E-state index in [9.17, 15) is 0 Å². The first-order chi connectivity index (χ1) is 14.7. The molecule has 0 amide bonds. The molecule has 158 valence electrons. The fourth-order valence-electron chi connectivity index (χ4n) is 3.91. The van der Waals surface area contributed by atoms with E-state index >= 15 is 0 Å². The van der Waals surface area contributed by atoms with Crippen LogP contribution in [0.1, 0.15) is 24.8 Å². The molecule has 2 aromatic carbocycles. The Morgan fingerprint density at radius 1 is 1.00 bits per heavy atom. The number of methoxy groups -OCH3 is 1. The highest BCUT2D eigenvalue weighted by Crippen LogP contribution is 2.25. The number of benzene rings is 2. The van der Waals surface area contributed by atoms with Crippen LogP contribution in [0.4, 0.5) is 5.69 Å². The number of aromatic nitrogens is 4. The number of hydrogen-bond donors (Lipinski definition) is 0. The van der Waals surface area contributed by atoms with Gasteiger partial charge in [0, 0.05) is 25.3 Å². The van der Waals surface area contributed by atoms with Crippen molar-refractivity contribution in [3.8, 4) is 11.4 Å². The van der Waals surface area contributed by atoms with Crippen molar-refractivity contribution >= 4 is 17.9 Å². The van der Waals surface area contributed by atoms with E-state index in [1.54, 1.807) is 16.5 Å². The smallest absolute Gasteiger partial charge is 0.221 e. The molecule has 1 aliphatic rings. The van der Waals surface area contributed by atoms with E-state index in [4.69, 9.17) is 17.0 Å². The highest BCUT2D eigenvalue weighted by molar-refractivity contribution is 7.71. The van der Waals surface area contributed by atoms with Crippen molar-refractivity contribution in [2.75, 3.05) is 32.1 Å². The Hall–Kier alpha value is -2.71. The highest BCUT2D eigenvalue weighted by atomic mass is 32.1. The Morgan fingerprint density at radius 3 is 2.47 bits per heavy atom. The van der Waals surface area contributed by atoms with E-state index in [1.165, 1.54) is 30.5 Å². The van der Waals surface area contributed by atoms with E-state index < -0.39 is 0 Å². The number of hydrogen-bond acceptors (Lipinski definition) is 6. The van der Waals surface area contributed by atoms with Crippen LogP contribution in [0.5, 0.6) is 5.75 Å². The van der Waals surface area contributed by atoms with Crippen molar-refractivity contribution in [1.82, 2.24) is 24.7 Å². The molecule has 1 fully saturated rings. The van der Waals surface area contributed by atoms with Crippen LogP contribution < -0.4 is 9.64 Å². The van der Waals surface area contributed by atoms with Gasteiger partial charge in [0.15, 0.2) is 0 Å². The molecule has 0 radical (unpaired) electrons. The van der Waals surface area contributed by atoms with E-state index in [-0.39, 0.29) is 0 Å². The van der Waals surface area contributed by atoms with E-state index in [2.05, 4.69) is 51.5 Å². The fraction of sp³-hybridized carbons (Fsp3) is 0.409. The normalized spacial score (nSPS) is 14.3. The Labute approximate surface area is 182 Å². The molecule has 1 aliphatic heterocycles. The standard InChI is InChI=1S/C22H28N6OS/c1-25(16-18-8-4-5-9-21(18)26-14-6-3-7-15-26)17-27-22(30)28(24-23-27)19-10-12-20(29-2)13-11-19/h4-5,8-13H,3,6-7,14-17H2,1-2H3. The maximum Gasteiger partial charge on any atom is 0.221 e. The summed E-state index contributed by atoms with van der Waals surface area (Å²) in [5.74, 6) is 0.796. The molecule has 0 atom stereocenters. The molecule has 0 unspecified atom stereocenters. The molecule has 8 heteroatoms. The van der Waals surface area contributed by atoms with Gasteiger partial charge in [-0.2, -0.15) is 4.68 Å². The third-order valence-electron chi connectivity index (χ3n) is 5.46. The number of piperidine rings is 1. The zero-order valence-corrected chi connectivity index (χ0v) is 18.4. The fourth-order valence-corrected chi connectivity index (χ4v) is 4.14. The van der Waals surface area contributed by atoms with Gasteiger partial charge in [-0.3, -0.25) is 4.90 Å². The van der Waals surface area contributed by atoms with Crippen molar-refractivity contribution in [2.45, 2.75) is 32.5 Å². The third kappa shape index (κ3) is 4.55. The molecule has 7 nitrogen and oxygen atoms in total. The number of nitrogens with zero attached hydrogens (tertiary/aromatic N) is 6. The van der Waals surface area contributed by atoms with Crippen LogP contribution in [0.3, 0.4) is 0 Å². The lowest BCUT2D eigenvalue weighted by atomic mass is 10.1. The monoisotopic (exact) mass is 424 g/mol. The molecular weight excluding hydrogens is 396 g/mol. The number of anilines is 1. The van der Waals surface area contributed by atoms with Crippen LogP contribution >= 0.6 is 12.2 Å². The minimum atomic E-state index is 0.566. The first kappa shape index (κ1) is 20.6. The zero-order chi connectivity index (χ0) is 20.9. The summed E-state index contributed by atoms with van der Waals surface area (Å²) in [6.07, 6.45) is 3.88. The summed E-state index contributed by atoms with van der Waals surface area (Å²) in [5.41, 5.74) is 3.54. The van der Waals surface area contributed by atoms with Crippen molar-refractivity contribution < 1.29 is 4.74 Å². The van der Waals surface area contributed by atoms with Gasteiger partial charge in [-0.25, -0.2) is 4.68 Å². The summed E-state index contributed by atoms with van der Waals surface area (Å²) in [6, 6.07) is 16.3. The molecular formula is C22H28N6OS. The molecule has 2 heterocycles. The number of rotatable bonds is 7. The highest BCUT2D eigenvalue weighted by Gasteiger charge is 2.15. The lowest BCUT2D eigenvalue weighted by molar-refractivity contribution is 0.242. The molecule has 4 rings (SSSR count). The Morgan fingerprint density at radius 2 is 1.73 bits per heavy atom. The third-order valence-corrected chi connectivity index (χ3v) is 5.84. The predicted octanol–water partition coefficient (Wildman–Crippen LogP) is 3.89. The van der Waals surface area contributed by atoms with Gasteiger partial charge in [-0.05, 0) is 84.9 Å². The van der Waals surface area contributed by atoms with Crippen molar-refractivity contribution in [3.63, 3.8) is 0 Å². The van der Waals surface area contributed by atoms with Crippen LogP contribution in [-0.4, -0.2) is 51.9 Å². The van der Waals surface area contributed by atoms with Crippen LogP contribution in [0.25, 0.3) is 5.69 Å². The van der Waals surface area contributed by atoms with Gasteiger partial charge in [0.2, 0.25) is 4.77 Å². The SMILES string of the molecule is COc1ccc(-n2nnn(CN(C)Cc3ccccc3N3CCCCC3)c2=S)cc1. The average Bonchev–Trinajstić information content (AvgIpc) is 3.14. The van der Waals surface area contributed by atoms with Gasteiger partial charge in [-0.1, -0.05) is 18.2 Å². The summed E-state index contributed by atoms with van der Waals surface area (Å²) < 4.78 is 9.21. The Balaban J connectivity index is 1.47. The quantitative estimate of drug-likeness (QED) is 0.537. The first-order valence-electron chi connectivity index (χ1n) is 10.3. The van der Waals surface area contributed by atoms with Gasteiger partial charge in [0.1, 0.15) is 5.75 Å². The summed E-state index contributed by atoms with van der Waals surface area (Å²) in [7, 11) is 3.73. The molecule has 3 aromatic rings. The van der Waals surface area contributed by atoms with Gasteiger partial charge in [0.25, 0.3) is 0 Å². The Kier molecular flexibility index (Phi) is 6.44. The minimum Gasteiger partial charge on any atom is -0.497 e. The summed E-state index contributed by atoms with van der Waals surface area (Å²) in [6.45, 7) is 3.68. The lowest BCUT2D eigenvalue weighted by Gasteiger charge is -2.31.